The van der Waals surface area contributed by atoms with Crippen LogP contribution in [0.2, 0.25) is 5.02 Å². The number of hydrogen-bond acceptors (Lipinski definition) is 6. The van der Waals surface area contributed by atoms with Gasteiger partial charge in [0.05, 0.1) is 25.4 Å². The number of piperidine rings is 1. The van der Waals surface area contributed by atoms with E-state index in [0.29, 0.717) is 42.2 Å². The van der Waals surface area contributed by atoms with Crippen LogP contribution in [0.4, 0.5) is 10.1 Å². The molecule has 1 saturated heterocycles. The highest BCUT2D eigenvalue weighted by atomic mass is 35.5. The molecule has 33 heavy (non-hydrogen) atoms. The maximum absolute atomic E-state index is 14.6. The summed E-state index contributed by atoms with van der Waals surface area (Å²) in [5, 5.41) is 3.05. The average Bonchev–Trinajstić information content (AvgIpc) is 2.79. The lowest BCUT2D eigenvalue weighted by Gasteiger charge is -2.29. The Bertz CT molecular complexity index is 930. The number of nitrogens with one attached hydrogen (secondary N) is 1. The van der Waals surface area contributed by atoms with Crippen LogP contribution in [0.3, 0.4) is 0 Å². The van der Waals surface area contributed by atoms with Crippen LogP contribution in [0.15, 0.2) is 36.4 Å². The van der Waals surface area contributed by atoms with Crippen LogP contribution in [-0.4, -0.2) is 64.7 Å². The molecule has 1 N–H and O–H groups in total. The minimum absolute atomic E-state index is 0.0529. The number of halogens is 2. The standard InChI is InChI=1S/C24H30ClFN2O5/c1-28-9-3-4-17(14-28)15-32-23-8-6-19(13-21(23)26)27-24(29)20-12-18(25)5-7-22(20)33-16-31-11-10-30-2/h5-8,12-13,17H,3-4,9-11,14-16H2,1-2H3,(H,27,29). The number of anilines is 1. The van der Waals surface area contributed by atoms with Gasteiger partial charge in [-0.15, -0.1) is 0 Å². The van der Waals surface area contributed by atoms with Crippen molar-refractivity contribution in [2.75, 3.05) is 59.2 Å². The van der Waals surface area contributed by atoms with Crippen LogP contribution in [0.25, 0.3) is 0 Å². The van der Waals surface area contributed by atoms with Gasteiger partial charge < -0.3 is 29.2 Å². The number of carbonyl (C=O) groups is 1. The maximum atomic E-state index is 14.6. The number of amides is 1. The Kier molecular flexibility index (Phi) is 9.75. The molecule has 1 aliphatic heterocycles. The third kappa shape index (κ3) is 7.85. The van der Waals surface area contributed by atoms with Crippen LogP contribution in [-0.2, 0) is 9.47 Å². The van der Waals surface area contributed by atoms with Crippen molar-refractivity contribution in [1.29, 1.82) is 0 Å². The molecule has 1 aliphatic rings. The molecule has 1 heterocycles. The number of nitrogens with zero attached hydrogens (tertiary/aromatic N) is 1. The zero-order valence-corrected chi connectivity index (χ0v) is 19.7. The molecular weight excluding hydrogens is 451 g/mol. The average molecular weight is 481 g/mol. The van der Waals surface area contributed by atoms with Crippen molar-refractivity contribution in [3.8, 4) is 11.5 Å². The number of rotatable bonds is 11. The van der Waals surface area contributed by atoms with Crippen molar-refractivity contribution < 1.29 is 28.1 Å². The third-order valence-electron chi connectivity index (χ3n) is 5.30. The van der Waals surface area contributed by atoms with Crippen LogP contribution in [0.1, 0.15) is 23.2 Å². The SMILES string of the molecule is COCCOCOc1ccc(Cl)cc1C(=O)Nc1ccc(OCC2CCCN(C)C2)c(F)c1. The number of hydrogen-bond donors (Lipinski definition) is 1. The molecule has 7 nitrogen and oxygen atoms in total. The van der Waals surface area contributed by atoms with Gasteiger partial charge in [-0.05, 0) is 56.8 Å². The van der Waals surface area contributed by atoms with E-state index in [9.17, 15) is 9.18 Å². The largest absolute Gasteiger partial charge is 0.490 e. The molecule has 1 fully saturated rings. The highest BCUT2D eigenvalue weighted by Gasteiger charge is 2.19. The maximum Gasteiger partial charge on any atom is 0.259 e. The van der Waals surface area contributed by atoms with Gasteiger partial charge in [-0.3, -0.25) is 4.79 Å². The van der Waals surface area contributed by atoms with E-state index in [1.165, 1.54) is 18.2 Å². The van der Waals surface area contributed by atoms with E-state index in [1.807, 2.05) is 0 Å². The van der Waals surface area contributed by atoms with Gasteiger partial charge in [-0.1, -0.05) is 11.6 Å². The molecular formula is C24H30ClFN2O5. The van der Waals surface area contributed by atoms with Crippen molar-refractivity contribution >= 4 is 23.2 Å². The van der Waals surface area contributed by atoms with E-state index in [0.717, 1.165) is 25.9 Å². The van der Waals surface area contributed by atoms with Crippen molar-refractivity contribution in [3.63, 3.8) is 0 Å². The fraction of sp³-hybridized carbons (Fsp3) is 0.458. The Morgan fingerprint density at radius 1 is 1.18 bits per heavy atom. The molecule has 2 aromatic carbocycles. The summed E-state index contributed by atoms with van der Waals surface area (Å²) in [6.07, 6.45) is 2.19. The van der Waals surface area contributed by atoms with Crippen molar-refractivity contribution in [1.82, 2.24) is 4.90 Å². The molecule has 0 aliphatic carbocycles. The lowest BCUT2D eigenvalue weighted by molar-refractivity contribution is -0.00872. The summed E-state index contributed by atoms with van der Waals surface area (Å²) < 4.78 is 36.0. The number of benzene rings is 2. The Morgan fingerprint density at radius 3 is 2.76 bits per heavy atom. The molecule has 1 amide bonds. The molecule has 1 unspecified atom stereocenters. The van der Waals surface area contributed by atoms with Crippen LogP contribution >= 0.6 is 11.6 Å². The molecule has 1 atom stereocenters. The van der Waals surface area contributed by atoms with Gasteiger partial charge in [0.25, 0.3) is 5.91 Å². The first-order valence-electron chi connectivity index (χ1n) is 10.9. The van der Waals surface area contributed by atoms with E-state index in [1.54, 1.807) is 25.3 Å². The lowest BCUT2D eigenvalue weighted by Crippen LogP contribution is -2.34. The van der Waals surface area contributed by atoms with Crippen molar-refractivity contribution in [2.24, 2.45) is 5.92 Å². The fourth-order valence-electron chi connectivity index (χ4n) is 3.62. The van der Waals surface area contributed by atoms with Gasteiger partial charge in [-0.2, -0.15) is 0 Å². The normalized spacial score (nSPS) is 16.4. The van der Waals surface area contributed by atoms with Crippen LogP contribution in [0.5, 0.6) is 11.5 Å². The number of carbonyl (C=O) groups excluding carboxylic acids is 1. The van der Waals surface area contributed by atoms with E-state index in [4.69, 9.17) is 30.5 Å². The van der Waals surface area contributed by atoms with Gasteiger partial charge in [0, 0.05) is 36.3 Å². The molecule has 0 bridgehead atoms. The monoisotopic (exact) mass is 480 g/mol. The molecule has 0 radical (unpaired) electrons. The Morgan fingerprint density at radius 2 is 2.00 bits per heavy atom. The second kappa shape index (κ2) is 12.7. The molecule has 0 spiro atoms. The summed E-state index contributed by atoms with van der Waals surface area (Å²) in [5.74, 6) is -0.176. The van der Waals surface area contributed by atoms with E-state index >= 15 is 0 Å². The second-order valence-corrected chi connectivity index (χ2v) is 8.42. The summed E-state index contributed by atoms with van der Waals surface area (Å²) in [6, 6.07) is 9.03. The van der Waals surface area contributed by atoms with E-state index in [-0.39, 0.29) is 18.1 Å². The number of likely N-dealkylation sites (tertiary alicyclic amines) is 1. The summed E-state index contributed by atoms with van der Waals surface area (Å²) >= 11 is 6.06. The summed E-state index contributed by atoms with van der Waals surface area (Å²) in [4.78, 5) is 15.1. The van der Waals surface area contributed by atoms with Gasteiger partial charge in [0.1, 0.15) is 5.75 Å². The third-order valence-corrected chi connectivity index (χ3v) is 5.54. The molecule has 180 valence electrons. The van der Waals surface area contributed by atoms with Crippen LogP contribution in [0, 0.1) is 11.7 Å². The van der Waals surface area contributed by atoms with Crippen molar-refractivity contribution in [2.45, 2.75) is 12.8 Å². The predicted molar refractivity (Wildman–Crippen MR) is 125 cm³/mol. The van der Waals surface area contributed by atoms with Gasteiger partial charge in [-0.25, -0.2) is 4.39 Å². The van der Waals surface area contributed by atoms with Crippen molar-refractivity contribution in [3.05, 3.63) is 52.8 Å². The molecule has 3 rings (SSSR count). The van der Waals surface area contributed by atoms with Gasteiger partial charge in [0.2, 0.25) is 0 Å². The first-order valence-corrected chi connectivity index (χ1v) is 11.3. The summed E-state index contributed by atoms with van der Waals surface area (Å²) in [7, 11) is 3.65. The van der Waals surface area contributed by atoms with E-state index in [2.05, 4.69) is 17.3 Å². The molecule has 0 aromatic heterocycles. The Hall–Kier alpha value is -2.39. The molecule has 0 saturated carbocycles. The quantitative estimate of drug-likeness (QED) is 0.378. The first-order chi connectivity index (χ1) is 16.0. The molecule has 2 aromatic rings. The number of ether oxygens (including phenoxy) is 4. The first kappa shape index (κ1) is 25.2. The highest BCUT2D eigenvalue weighted by molar-refractivity contribution is 6.31. The minimum atomic E-state index is -0.536. The smallest absolute Gasteiger partial charge is 0.259 e. The fourth-order valence-corrected chi connectivity index (χ4v) is 3.79. The lowest BCUT2D eigenvalue weighted by atomic mass is 10.00. The zero-order valence-electron chi connectivity index (χ0n) is 18.9. The summed E-state index contributed by atoms with van der Waals surface area (Å²) in [6.45, 7) is 3.22. The second-order valence-electron chi connectivity index (χ2n) is 7.98. The topological polar surface area (TPSA) is 69.3 Å². The summed E-state index contributed by atoms with van der Waals surface area (Å²) in [5.41, 5.74) is 0.504. The Balaban J connectivity index is 1.59. The molecule has 9 heteroatoms. The Labute approximate surface area is 198 Å². The van der Waals surface area contributed by atoms with E-state index < -0.39 is 11.7 Å². The van der Waals surface area contributed by atoms with Gasteiger partial charge >= 0.3 is 0 Å². The number of methoxy groups -OCH3 is 1. The predicted octanol–water partition coefficient (Wildman–Crippen LogP) is 4.45. The van der Waals surface area contributed by atoms with Crippen LogP contribution < -0.4 is 14.8 Å². The zero-order chi connectivity index (χ0) is 23.6. The minimum Gasteiger partial charge on any atom is -0.490 e. The van der Waals surface area contributed by atoms with Gasteiger partial charge in [0.15, 0.2) is 18.4 Å². The highest BCUT2D eigenvalue weighted by Crippen LogP contribution is 2.27.